The van der Waals surface area contributed by atoms with Crippen molar-refractivity contribution in [3.8, 4) is 0 Å². The Hall–Kier alpha value is -1.30. The molecule has 0 spiro atoms. The van der Waals surface area contributed by atoms with Crippen LogP contribution in [0.1, 0.15) is 70.2 Å². The van der Waals surface area contributed by atoms with Gasteiger partial charge in [0.15, 0.2) is 0 Å². The van der Waals surface area contributed by atoms with Crippen LogP contribution in [0.3, 0.4) is 0 Å². The maximum Gasteiger partial charge on any atom is 0.225 e. The van der Waals surface area contributed by atoms with Gasteiger partial charge in [-0.25, -0.2) is 4.98 Å². The van der Waals surface area contributed by atoms with E-state index >= 15 is 0 Å². The minimum atomic E-state index is 0. The lowest BCUT2D eigenvalue weighted by atomic mass is 9.84. The lowest BCUT2D eigenvalue weighted by molar-refractivity contribution is -0.138. The predicted molar refractivity (Wildman–Crippen MR) is 123 cm³/mol. The zero-order chi connectivity index (χ0) is 19.0. The highest BCUT2D eigenvalue weighted by Crippen LogP contribution is 2.33. The Balaban J connectivity index is 0.00000150. The second-order valence-electron chi connectivity index (χ2n) is 8.67. The van der Waals surface area contributed by atoms with Crippen molar-refractivity contribution in [2.45, 2.75) is 70.4 Å². The van der Waals surface area contributed by atoms with E-state index < -0.39 is 0 Å². The number of nitrogens with two attached hydrogens (primary N) is 1. The van der Waals surface area contributed by atoms with Gasteiger partial charge in [-0.2, -0.15) is 0 Å². The molecule has 1 aliphatic carbocycles. The molecule has 2 fully saturated rings. The van der Waals surface area contributed by atoms with Crippen LogP contribution in [0.4, 0.5) is 0 Å². The van der Waals surface area contributed by atoms with Gasteiger partial charge in [-0.15, -0.1) is 24.8 Å². The van der Waals surface area contributed by atoms with Crippen LogP contribution in [0.2, 0.25) is 0 Å². The van der Waals surface area contributed by atoms with Crippen molar-refractivity contribution in [2.24, 2.45) is 11.7 Å². The van der Waals surface area contributed by atoms with E-state index in [1.165, 1.54) is 5.52 Å². The average molecular weight is 441 g/mol. The van der Waals surface area contributed by atoms with Crippen molar-refractivity contribution in [2.75, 3.05) is 13.1 Å². The SMILES string of the molecule is CC(C)n1c(C2CCCN(C(=O)C3CCCC(N)C3)C2)nc2ccccc21.Cl.Cl. The highest BCUT2D eigenvalue weighted by molar-refractivity contribution is 5.85. The maximum absolute atomic E-state index is 13.1. The van der Waals surface area contributed by atoms with Crippen molar-refractivity contribution >= 4 is 41.8 Å². The fraction of sp³-hybridized carbons (Fsp3) is 0.636. The van der Waals surface area contributed by atoms with E-state index in [0.717, 1.165) is 63.0 Å². The summed E-state index contributed by atoms with van der Waals surface area (Å²) in [6.45, 7) is 6.10. The number of nitrogens with zero attached hydrogens (tertiary/aromatic N) is 3. The molecule has 3 unspecified atom stereocenters. The van der Waals surface area contributed by atoms with Gasteiger partial charge in [-0.05, 0) is 58.1 Å². The Morgan fingerprint density at radius 1 is 1.14 bits per heavy atom. The molecule has 5 nitrogen and oxygen atoms in total. The van der Waals surface area contributed by atoms with Gasteiger partial charge >= 0.3 is 0 Å². The maximum atomic E-state index is 13.1. The first kappa shape index (κ1) is 24.0. The van der Waals surface area contributed by atoms with Gasteiger partial charge in [-0.3, -0.25) is 4.79 Å². The number of aromatic nitrogens is 2. The van der Waals surface area contributed by atoms with Crippen molar-refractivity contribution in [1.29, 1.82) is 0 Å². The zero-order valence-electron chi connectivity index (χ0n) is 17.4. The molecule has 7 heteroatoms. The van der Waals surface area contributed by atoms with Crippen LogP contribution < -0.4 is 5.73 Å². The van der Waals surface area contributed by atoms with E-state index in [0.29, 0.717) is 17.9 Å². The third-order valence-electron chi connectivity index (χ3n) is 6.30. The summed E-state index contributed by atoms with van der Waals surface area (Å²) in [7, 11) is 0. The molecule has 2 N–H and O–H groups in total. The third kappa shape index (κ3) is 4.89. The second-order valence-corrected chi connectivity index (χ2v) is 8.67. The summed E-state index contributed by atoms with van der Waals surface area (Å²) in [6.07, 6.45) is 6.14. The van der Waals surface area contributed by atoms with Crippen LogP contribution >= 0.6 is 24.8 Å². The van der Waals surface area contributed by atoms with Crippen LogP contribution in [0, 0.1) is 5.92 Å². The molecular formula is C22H34Cl2N4O. The fourth-order valence-corrected chi connectivity index (χ4v) is 4.99. The topological polar surface area (TPSA) is 64.2 Å². The molecule has 1 aliphatic heterocycles. The number of amides is 1. The molecule has 3 atom stereocenters. The highest BCUT2D eigenvalue weighted by atomic mass is 35.5. The Morgan fingerprint density at radius 3 is 2.62 bits per heavy atom. The molecule has 1 aromatic carbocycles. The first-order valence-electron chi connectivity index (χ1n) is 10.6. The number of hydrogen-bond acceptors (Lipinski definition) is 3. The number of likely N-dealkylation sites (tertiary alicyclic amines) is 1. The fourth-order valence-electron chi connectivity index (χ4n) is 4.99. The van der Waals surface area contributed by atoms with E-state index in [4.69, 9.17) is 10.7 Å². The molecule has 2 aromatic rings. The monoisotopic (exact) mass is 440 g/mol. The lowest BCUT2D eigenvalue weighted by Gasteiger charge is -2.37. The number of carbonyl (C=O) groups excluding carboxylic acids is 1. The third-order valence-corrected chi connectivity index (χ3v) is 6.30. The number of benzene rings is 1. The molecule has 1 saturated carbocycles. The van der Waals surface area contributed by atoms with Crippen LogP contribution in [-0.4, -0.2) is 39.5 Å². The van der Waals surface area contributed by atoms with Crippen molar-refractivity contribution in [1.82, 2.24) is 14.5 Å². The minimum Gasteiger partial charge on any atom is -0.342 e. The van der Waals surface area contributed by atoms with Crippen LogP contribution in [0.15, 0.2) is 24.3 Å². The predicted octanol–water partition coefficient (Wildman–Crippen LogP) is 4.68. The molecule has 0 bridgehead atoms. The number of hydrogen-bond donors (Lipinski definition) is 1. The standard InChI is InChI=1S/C22H32N4O.2ClH/c1-15(2)26-20-11-4-3-10-19(20)24-21(26)17-8-6-12-25(14-17)22(27)16-7-5-9-18(23)13-16;;/h3-4,10-11,15-18H,5-9,12-14,23H2,1-2H3;2*1H. The smallest absolute Gasteiger partial charge is 0.225 e. The zero-order valence-corrected chi connectivity index (χ0v) is 19.1. The Kier molecular flexibility index (Phi) is 8.38. The summed E-state index contributed by atoms with van der Waals surface area (Å²) in [4.78, 5) is 20.2. The molecule has 29 heavy (non-hydrogen) atoms. The van der Waals surface area contributed by atoms with Gasteiger partial charge < -0.3 is 15.2 Å². The van der Waals surface area contributed by atoms with Gasteiger partial charge in [0.1, 0.15) is 5.82 Å². The number of rotatable bonds is 3. The molecule has 0 radical (unpaired) electrons. The molecule has 4 rings (SSSR count). The first-order valence-corrected chi connectivity index (χ1v) is 10.6. The van der Waals surface area contributed by atoms with Crippen molar-refractivity contribution in [3.05, 3.63) is 30.1 Å². The molecule has 1 saturated heterocycles. The second kappa shape index (κ2) is 10.1. The quantitative estimate of drug-likeness (QED) is 0.752. The van der Waals surface area contributed by atoms with Crippen LogP contribution in [0.25, 0.3) is 11.0 Å². The highest BCUT2D eigenvalue weighted by Gasteiger charge is 2.33. The summed E-state index contributed by atoms with van der Waals surface area (Å²) in [6, 6.07) is 8.92. The van der Waals surface area contributed by atoms with Crippen LogP contribution in [0.5, 0.6) is 0 Å². The molecule has 2 aliphatic rings. The molecule has 2 heterocycles. The van der Waals surface area contributed by atoms with Gasteiger partial charge in [0.25, 0.3) is 0 Å². The molecule has 162 valence electrons. The normalized spacial score (nSPS) is 24.8. The Bertz CT molecular complexity index is 822. The summed E-state index contributed by atoms with van der Waals surface area (Å²) in [5.41, 5.74) is 8.38. The van der Waals surface area contributed by atoms with Crippen molar-refractivity contribution < 1.29 is 4.79 Å². The number of halogens is 2. The summed E-state index contributed by atoms with van der Waals surface area (Å²) in [5, 5.41) is 0. The Labute approximate surface area is 186 Å². The number of para-hydroxylation sites is 2. The van der Waals surface area contributed by atoms with Gasteiger partial charge in [0.05, 0.1) is 11.0 Å². The first-order chi connectivity index (χ1) is 13.0. The molecule has 1 amide bonds. The van der Waals surface area contributed by atoms with E-state index in [1.807, 2.05) is 6.07 Å². The van der Waals surface area contributed by atoms with Crippen LogP contribution in [-0.2, 0) is 4.79 Å². The minimum absolute atomic E-state index is 0. The number of fused-ring (bicyclic) bond motifs is 1. The van der Waals surface area contributed by atoms with E-state index in [1.54, 1.807) is 0 Å². The number of imidazole rings is 1. The lowest BCUT2D eigenvalue weighted by Crippen LogP contribution is -2.45. The summed E-state index contributed by atoms with van der Waals surface area (Å²) >= 11 is 0. The van der Waals surface area contributed by atoms with Gasteiger partial charge in [-0.1, -0.05) is 18.6 Å². The van der Waals surface area contributed by atoms with Crippen molar-refractivity contribution in [3.63, 3.8) is 0 Å². The van der Waals surface area contributed by atoms with Gasteiger partial charge in [0.2, 0.25) is 5.91 Å². The van der Waals surface area contributed by atoms with E-state index in [2.05, 4.69) is 41.5 Å². The molecule has 1 aromatic heterocycles. The van der Waals surface area contributed by atoms with E-state index in [-0.39, 0.29) is 36.8 Å². The Morgan fingerprint density at radius 2 is 1.90 bits per heavy atom. The average Bonchev–Trinajstić information content (AvgIpc) is 3.07. The summed E-state index contributed by atoms with van der Waals surface area (Å²) in [5.74, 6) is 1.90. The summed E-state index contributed by atoms with van der Waals surface area (Å²) < 4.78 is 2.37. The number of piperidine rings is 1. The largest absolute Gasteiger partial charge is 0.342 e. The molecular weight excluding hydrogens is 407 g/mol. The van der Waals surface area contributed by atoms with Gasteiger partial charge in [0, 0.05) is 37.0 Å². The number of carbonyl (C=O) groups is 1. The van der Waals surface area contributed by atoms with E-state index in [9.17, 15) is 4.79 Å².